The summed E-state index contributed by atoms with van der Waals surface area (Å²) in [5.41, 5.74) is 2.20. The smallest absolute Gasteiger partial charge is 0.273 e. The van der Waals surface area contributed by atoms with Gasteiger partial charge in [-0.3, -0.25) is 10.1 Å². The van der Waals surface area contributed by atoms with Crippen molar-refractivity contribution in [3.63, 3.8) is 0 Å². The first-order chi connectivity index (χ1) is 9.10. The van der Waals surface area contributed by atoms with E-state index in [1.54, 1.807) is 13.2 Å². The number of nitrogens with zero attached hydrogens (tertiary/aromatic N) is 1. The highest BCUT2D eigenvalue weighted by Crippen LogP contribution is 2.34. The molecule has 19 heavy (non-hydrogen) atoms. The molecular formula is C14H11NO4. The number of aryl methyl sites for hydroxylation is 1. The molecule has 1 aromatic heterocycles. The third-order valence-electron chi connectivity index (χ3n) is 3.18. The van der Waals surface area contributed by atoms with Crippen LogP contribution in [0.25, 0.3) is 21.9 Å². The minimum atomic E-state index is -0.432. The Morgan fingerprint density at radius 1 is 1.16 bits per heavy atom. The number of ether oxygens (including phenoxy) is 1. The largest absolute Gasteiger partial charge is 0.496 e. The van der Waals surface area contributed by atoms with E-state index in [0.29, 0.717) is 11.2 Å². The minimum Gasteiger partial charge on any atom is -0.496 e. The molecule has 0 unspecified atom stereocenters. The van der Waals surface area contributed by atoms with Crippen LogP contribution >= 0.6 is 0 Å². The van der Waals surface area contributed by atoms with Crippen LogP contribution in [0.1, 0.15) is 5.56 Å². The number of nitro benzene ring substituents is 1. The standard InChI is InChI=1S/C14H11NO4/c1-8-5-13-11(7-12(8)18-2)10-4-3-9(15(16)17)6-14(10)19-13/h3-7H,1-2H3. The third kappa shape index (κ3) is 1.71. The van der Waals surface area contributed by atoms with Crippen molar-refractivity contribution in [3.8, 4) is 5.75 Å². The van der Waals surface area contributed by atoms with E-state index >= 15 is 0 Å². The van der Waals surface area contributed by atoms with Crippen LogP contribution in [-0.4, -0.2) is 12.0 Å². The zero-order valence-corrected chi connectivity index (χ0v) is 10.5. The SMILES string of the molecule is COc1cc2c(cc1C)oc1cc([N+](=O)[O-])ccc12. The van der Waals surface area contributed by atoms with E-state index < -0.39 is 4.92 Å². The fourth-order valence-corrected chi connectivity index (χ4v) is 2.23. The molecule has 5 heteroatoms. The van der Waals surface area contributed by atoms with E-state index in [0.717, 1.165) is 22.1 Å². The third-order valence-corrected chi connectivity index (χ3v) is 3.18. The molecule has 0 aliphatic carbocycles. The first-order valence-corrected chi connectivity index (χ1v) is 5.75. The van der Waals surface area contributed by atoms with Crippen molar-refractivity contribution < 1.29 is 14.1 Å². The summed E-state index contributed by atoms with van der Waals surface area (Å²) >= 11 is 0. The van der Waals surface area contributed by atoms with E-state index in [1.165, 1.54) is 12.1 Å². The Morgan fingerprint density at radius 2 is 1.89 bits per heavy atom. The van der Waals surface area contributed by atoms with Crippen molar-refractivity contribution in [1.82, 2.24) is 0 Å². The van der Waals surface area contributed by atoms with Crippen LogP contribution in [0.2, 0.25) is 0 Å². The number of non-ortho nitro benzene ring substituents is 1. The van der Waals surface area contributed by atoms with Crippen LogP contribution in [0.4, 0.5) is 5.69 Å². The second-order valence-electron chi connectivity index (χ2n) is 4.36. The minimum absolute atomic E-state index is 0.0234. The Balaban J connectivity index is 2.35. The normalized spacial score (nSPS) is 11.1. The highest BCUT2D eigenvalue weighted by Gasteiger charge is 2.13. The summed E-state index contributed by atoms with van der Waals surface area (Å²) in [6, 6.07) is 8.39. The second kappa shape index (κ2) is 3.98. The van der Waals surface area contributed by atoms with Gasteiger partial charge in [0.25, 0.3) is 5.69 Å². The predicted molar refractivity (Wildman–Crippen MR) is 71.7 cm³/mol. The predicted octanol–water partition coefficient (Wildman–Crippen LogP) is 3.81. The van der Waals surface area contributed by atoms with Crippen molar-refractivity contribution in [2.75, 3.05) is 7.11 Å². The average Bonchev–Trinajstić information content (AvgIpc) is 2.73. The Hall–Kier alpha value is -2.56. The molecule has 1 heterocycles. The summed E-state index contributed by atoms with van der Waals surface area (Å²) in [6.45, 7) is 1.92. The summed E-state index contributed by atoms with van der Waals surface area (Å²) in [5, 5.41) is 12.5. The number of hydrogen-bond acceptors (Lipinski definition) is 4. The van der Waals surface area contributed by atoms with Gasteiger partial charge in [-0.2, -0.15) is 0 Å². The molecule has 0 fully saturated rings. The van der Waals surface area contributed by atoms with Gasteiger partial charge in [0.15, 0.2) is 0 Å². The number of methoxy groups -OCH3 is 1. The van der Waals surface area contributed by atoms with Gasteiger partial charge >= 0.3 is 0 Å². The Morgan fingerprint density at radius 3 is 2.58 bits per heavy atom. The number of rotatable bonds is 2. The maximum Gasteiger partial charge on any atom is 0.273 e. The van der Waals surface area contributed by atoms with Gasteiger partial charge in [-0.05, 0) is 30.7 Å². The molecule has 2 aromatic carbocycles. The summed E-state index contributed by atoms with van der Waals surface area (Å²) in [5.74, 6) is 0.772. The summed E-state index contributed by atoms with van der Waals surface area (Å²) < 4.78 is 10.9. The molecule has 0 radical (unpaired) electrons. The topological polar surface area (TPSA) is 65.5 Å². The molecule has 0 spiro atoms. The van der Waals surface area contributed by atoms with Gasteiger partial charge in [0.05, 0.1) is 18.1 Å². The lowest BCUT2D eigenvalue weighted by atomic mass is 10.1. The first-order valence-electron chi connectivity index (χ1n) is 5.75. The van der Waals surface area contributed by atoms with Gasteiger partial charge in [-0.25, -0.2) is 0 Å². The molecule has 5 nitrogen and oxygen atoms in total. The number of furan rings is 1. The molecule has 0 aliphatic heterocycles. The van der Waals surface area contributed by atoms with Gasteiger partial charge in [-0.1, -0.05) is 0 Å². The molecule has 0 bridgehead atoms. The number of hydrogen-bond donors (Lipinski definition) is 0. The van der Waals surface area contributed by atoms with Crippen molar-refractivity contribution in [3.05, 3.63) is 46.0 Å². The monoisotopic (exact) mass is 257 g/mol. The van der Waals surface area contributed by atoms with Crippen LogP contribution in [0.5, 0.6) is 5.75 Å². The maximum absolute atomic E-state index is 10.8. The van der Waals surface area contributed by atoms with E-state index in [4.69, 9.17) is 9.15 Å². The van der Waals surface area contributed by atoms with Crippen LogP contribution in [0.15, 0.2) is 34.7 Å². The molecular weight excluding hydrogens is 246 g/mol. The van der Waals surface area contributed by atoms with Crippen molar-refractivity contribution in [2.45, 2.75) is 6.92 Å². The van der Waals surface area contributed by atoms with Crippen LogP contribution in [0, 0.1) is 17.0 Å². The molecule has 0 aliphatic rings. The Kier molecular flexibility index (Phi) is 2.41. The molecule has 0 atom stereocenters. The van der Waals surface area contributed by atoms with Gasteiger partial charge < -0.3 is 9.15 Å². The average molecular weight is 257 g/mol. The second-order valence-corrected chi connectivity index (χ2v) is 4.36. The molecule has 96 valence electrons. The van der Waals surface area contributed by atoms with Crippen molar-refractivity contribution >= 4 is 27.6 Å². The quantitative estimate of drug-likeness (QED) is 0.517. The Bertz CT molecular complexity index is 804. The van der Waals surface area contributed by atoms with E-state index in [1.807, 2.05) is 19.1 Å². The van der Waals surface area contributed by atoms with Gasteiger partial charge in [0.2, 0.25) is 0 Å². The van der Waals surface area contributed by atoms with E-state index in [9.17, 15) is 10.1 Å². The van der Waals surface area contributed by atoms with Crippen molar-refractivity contribution in [2.24, 2.45) is 0 Å². The lowest BCUT2D eigenvalue weighted by Gasteiger charge is -2.03. The lowest BCUT2D eigenvalue weighted by molar-refractivity contribution is -0.384. The number of benzene rings is 2. The number of nitro groups is 1. The van der Waals surface area contributed by atoms with Gasteiger partial charge in [-0.15, -0.1) is 0 Å². The fourth-order valence-electron chi connectivity index (χ4n) is 2.23. The first kappa shape index (κ1) is 11.5. The zero-order valence-electron chi connectivity index (χ0n) is 10.5. The van der Waals surface area contributed by atoms with E-state index in [-0.39, 0.29) is 5.69 Å². The van der Waals surface area contributed by atoms with Gasteiger partial charge in [0, 0.05) is 16.8 Å². The molecule has 0 N–H and O–H groups in total. The molecule has 0 saturated heterocycles. The molecule has 0 amide bonds. The zero-order chi connectivity index (χ0) is 13.6. The van der Waals surface area contributed by atoms with E-state index in [2.05, 4.69) is 0 Å². The summed E-state index contributed by atoms with van der Waals surface area (Å²) in [4.78, 5) is 10.3. The van der Waals surface area contributed by atoms with Crippen LogP contribution < -0.4 is 4.74 Å². The number of fused-ring (bicyclic) bond motifs is 3. The fraction of sp³-hybridized carbons (Fsp3) is 0.143. The highest BCUT2D eigenvalue weighted by atomic mass is 16.6. The summed E-state index contributed by atoms with van der Waals surface area (Å²) in [7, 11) is 1.61. The van der Waals surface area contributed by atoms with Crippen LogP contribution in [0.3, 0.4) is 0 Å². The lowest BCUT2D eigenvalue weighted by Crippen LogP contribution is -1.86. The van der Waals surface area contributed by atoms with Crippen LogP contribution in [-0.2, 0) is 0 Å². The van der Waals surface area contributed by atoms with Crippen molar-refractivity contribution in [1.29, 1.82) is 0 Å². The highest BCUT2D eigenvalue weighted by molar-refractivity contribution is 6.06. The molecule has 3 aromatic rings. The van der Waals surface area contributed by atoms with Gasteiger partial charge in [0.1, 0.15) is 16.9 Å². The maximum atomic E-state index is 10.8. The summed E-state index contributed by atoms with van der Waals surface area (Å²) in [6.07, 6.45) is 0. The Labute approximate surface area is 108 Å². The molecule has 0 saturated carbocycles. The molecule has 3 rings (SSSR count).